The predicted octanol–water partition coefficient (Wildman–Crippen LogP) is 2.86. The Bertz CT molecular complexity index is 433. The van der Waals surface area contributed by atoms with Crippen LogP contribution < -0.4 is 4.90 Å². The normalized spacial score (nSPS) is 19.1. The highest BCUT2D eigenvalue weighted by Gasteiger charge is 2.44. The molecule has 94 valence electrons. The molecule has 0 atom stereocenters. The van der Waals surface area contributed by atoms with Crippen LogP contribution in [0.4, 0.5) is 27.8 Å². The van der Waals surface area contributed by atoms with Gasteiger partial charge in [0.05, 0.1) is 24.3 Å². The van der Waals surface area contributed by atoms with Gasteiger partial charge in [0.15, 0.2) is 0 Å². The number of alkyl halides is 5. The minimum absolute atomic E-state index is 0.154. The molecule has 0 aromatic carbocycles. The Morgan fingerprint density at radius 3 is 2.24 bits per heavy atom. The van der Waals surface area contributed by atoms with Gasteiger partial charge in [-0.15, -0.1) is 0 Å². The topological polar surface area (TPSA) is 16.1 Å². The van der Waals surface area contributed by atoms with Gasteiger partial charge in [0.2, 0.25) is 0 Å². The molecule has 1 aromatic heterocycles. The number of aryl methyl sites for hydroxylation is 1. The number of pyridine rings is 1. The van der Waals surface area contributed by atoms with E-state index in [4.69, 9.17) is 0 Å². The van der Waals surface area contributed by atoms with Crippen molar-refractivity contribution in [1.29, 1.82) is 0 Å². The Morgan fingerprint density at radius 2 is 1.82 bits per heavy atom. The molecule has 0 bridgehead atoms. The van der Waals surface area contributed by atoms with Crippen LogP contribution in [0.5, 0.6) is 0 Å². The summed E-state index contributed by atoms with van der Waals surface area (Å²) in [6.45, 7) is 0.222. The minimum Gasteiger partial charge on any atom is -0.344 e. The second-order valence-electron chi connectivity index (χ2n) is 4.01. The molecule has 0 saturated carbocycles. The molecule has 7 heteroatoms. The van der Waals surface area contributed by atoms with Crippen LogP contribution in [0.15, 0.2) is 12.1 Å². The first-order valence-corrected chi connectivity index (χ1v) is 4.87. The van der Waals surface area contributed by atoms with Crippen LogP contribution in [0.3, 0.4) is 0 Å². The first-order chi connectivity index (χ1) is 7.69. The highest BCUT2D eigenvalue weighted by molar-refractivity contribution is 5.45. The summed E-state index contributed by atoms with van der Waals surface area (Å²) in [5.74, 6) is -2.61. The molecule has 1 aromatic rings. The lowest BCUT2D eigenvalue weighted by atomic mass is 10.1. The van der Waals surface area contributed by atoms with Crippen molar-refractivity contribution in [3.05, 3.63) is 23.4 Å². The standard InChI is InChI=1S/C10H9F5N2/c1-6-7(10(13,14)15)2-3-8(16-6)17-4-9(11,12)5-17/h2-3H,4-5H2,1H3. The average Bonchev–Trinajstić information content (AvgIpc) is 2.11. The summed E-state index contributed by atoms with van der Waals surface area (Å²) in [6, 6.07) is 1.99. The maximum Gasteiger partial charge on any atom is 0.418 e. The van der Waals surface area contributed by atoms with Crippen LogP contribution in [-0.2, 0) is 6.18 Å². The smallest absolute Gasteiger partial charge is 0.344 e. The third-order valence-corrected chi connectivity index (χ3v) is 2.54. The van der Waals surface area contributed by atoms with Crippen LogP contribution in [0, 0.1) is 6.92 Å². The van der Waals surface area contributed by atoms with Gasteiger partial charge in [-0.25, -0.2) is 13.8 Å². The minimum atomic E-state index is -4.46. The molecule has 0 radical (unpaired) electrons. The molecule has 1 fully saturated rings. The van der Waals surface area contributed by atoms with Crippen molar-refractivity contribution >= 4 is 5.82 Å². The molecule has 1 aliphatic heterocycles. The number of nitrogens with zero attached hydrogens (tertiary/aromatic N) is 2. The van der Waals surface area contributed by atoms with Crippen molar-refractivity contribution in [2.24, 2.45) is 0 Å². The van der Waals surface area contributed by atoms with Crippen molar-refractivity contribution < 1.29 is 22.0 Å². The predicted molar refractivity (Wildman–Crippen MR) is 51.1 cm³/mol. The second kappa shape index (κ2) is 3.54. The van der Waals surface area contributed by atoms with Crippen molar-refractivity contribution in [2.45, 2.75) is 19.0 Å². The third kappa shape index (κ3) is 2.32. The Kier molecular flexibility index (Phi) is 2.52. The summed E-state index contributed by atoms with van der Waals surface area (Å²) < 4.78 is 62.5. The number of hydrogen-bond donors (Lipinski definition) is 0. The van der Waals surface area contributed by atoms with E-state index < -0.39 is 30.8 Å². The fourth-order valence-corrected chi connectivity index (χ4v) is 1.70. The quantitative estimate of drug-likeness (QED) is 0.714. The Hall–Kier alpha value is -1.40. The molecular weight excluding hydrogens is 243 g/mol. The summed E-state index contributed by atoms with van der Waals surface area (Å²) in [5.41, 5.74) is -1.04. The van der Waals surface area contributed by atoms with Gasteiger partial charge in [0, 0.05) is 0 Å². The van der Waals surface area contributed by atoms with E-state index in [0.717, 1.165) is 12.1 Å². The lowest BCUT2D eigenvalue weighted by Crippen LogP contribution is -2.56. The van der Waals surface area contributed by atoms with Gasteiger partial charge in [0.25, 0.3) is 5.92 Å². The summed E-state index contributed by atoms with van der Waals surface area (Å²) in [5, 5.41) is 0. The molecule has 0 amide bonds. The zero-order chi connectivity index (χ0) is 12.8. The maximum atomic E-state index is 12.6. The zero-order valence-electron chi connectivity index (χ0n) is 8.85. The van der Waals surface area contributed by atoms with Gasteiger partial charge in [-0.2, -0.15) is 13.2 Å². The van der Waals surface area contributed by atoms with Crippen molar-refractivity contribution in [3.8, 4) is 0 Å². The molecule has 0 aliphatic carbocycles. The van der Waals surface area contributed by atoms with Crippen LogP contribution in [0.25, 0.3) is 0 Å². The first kappa shape index (κ1) is 12.1. The van der Waals surface area contributed by atoms with Crippen LogP contribution in [-0.4, -0.2) is 24.0 Å². The van der Waals surface area contributed by atoms with Gasteiger partial charge in [-0.3, -0.25) is 0 Å². The largest absolute Gasteiger partial charge is 0.418 e. The average molecular weight is 252 g/mol. The molecular formula is C10H9F5N2. The van der Waals surface area contributed by atoms with Crippen molar-refractivity contribution in [1.82, 2.24) is 4.98 Å². The van der Waals surface area contributed by atoms with E-state index in [0.29, 0.717) is 0 Å². The summed E-state index contributed by atoms with van der Waals surface area (Å²) in [7, 11) is 0. The zero-order valence-corrected chi connectivity index (χ0v) is 8.85. The van der Waals surface area contributed by atoms with Gasteiger partial charge < -0.3 is 4.90 Å². The van der Waals surface area contributed by atoms with E-state index in [-0.39, 0.29) is 11.5 Å². The van der Waals surface area contributed by atoms with Gasteiger partial charge in [0.1, 0.15) is 5.82 Å². The second-order valence-corrected chi connectivity index (χ2v) is 4.01. The molecule has 0 spiro atoms. The van der Waals surface area contributed by atoms with Gasteiger partial charge >= 0.3 is 6.18 Å². The van der Waals surface area contributed by atoms with E-state index in [2.05, 4.69) is 4.98 Å². The number of hydrogen-bond acceptors (Lipinski definition) is 2. The SMILES string of the molecule is Cc1nc(N2CC(F)(F)C2)ccc1C(F)(F)F. The summed E-state index contributed by atoms with van der Waals surface area (Å²) >= 11 is 0. The Morgan fingerprint density at radius 1 is 1.24 bits per heavy atom. The number of anilines is 1. The Labute approximate surface area is 94.1 Å². The van der Waals surface area contributed by atoms with Crippen molar-refractivity contribution in [2.75, 3.05) is 18.0 Å². The van der Waals surface area contributed by atoms with Crippen LogP contribution in [0.2, 0.25) is 0 Å². The van der Waals surface area contributed by atoms with Crippen LogP contribution in [0.1, 0.15) is 11.3 Å². The first-order valence-electron chi connectivity index (χ1n) is 4.87. The molecule has 17 heavy (non-hydrogen) atoms. The molecule has 2 nitrogen and oxygen atoms in total. The fourth-order valence-electron chi connectivity index (χ4n) is 1.70. The molecule has 1 aliphatic rings. The molecule has 0 unspecified atom stereocenters. The third-order valence-electron chi connectivity index (χ3n) is 2.54. The lowest BCUT2D eigenvalue weighted by molar-refractivity contribution is -0.138. The molecule has 2 rings (SSSR count). The van der Waals surface area contributed by atoms with Crippen molar-refractivity contribution in [3.63, 3.8) is 0 Å². The monoisotopic (exact) mass is 252 g/mol. The van der Waals surface area contributed by atoms with Gasteiger partial charge in [-0.05, 0) is 19.1 Å². The fraction of sp³-hybridized carbons (Fsp3) is 0.500. The van der Waals surface area contributed by atoms with E-state index in [1.807, 2.05) is 0 Å². The summed E-state index contributed by atoms with van der Waals surface area (Å²) in [4.78, 5) is 4.94. The lowest BCUT2D eigenvalue weighted by Gasteiger charge is -2.39. The molecule has 0 N–H and O–H groups in total. The highest BCUT2D eigenvalue weighted by atomic mass is 19.4. The Balaban J connectivity index is 2.21. The number of rotatable bonds is 1. The maximum absolute atomic E-state index is 12.6. The molecule has 1 saturated heterocycles. The van der Waals surface area contributed by atoms with E-state index >= 15 is 0 Å². The van der Waals surface area contributed by atoms with E-state index in [1.165, 1.54) is 11.8 Å². The van der Waals surface area contributed by atoms with Crippen LogP contribution >= 0.6 is 0 Å². The highest BCUT2D eigenvalue weighted by Crippen LogP contribution is 2.34. The number of halogens is 5. The van der Waals surface area contributed by atoms with E-state index in [1.54, 1.807) is 0 Å². The van der Waals surface area contributed by atoms with Gasteiger partial charge in [-0.1, -0.05) is 0 Å². The molecule has 2 heterocycles. The number of aromatic nitrogens is 1. The van der Waals surface area contributed by atoms with E-state index in [9.17, 15) is 22.0 Å². The summed E-state index contributed by atoms with van der Waals surface area (Å²) in [6.07, 6.45) is -4.46.